The first kappa shape index (κ1) is 32.7. The summed E-state index contributed by atoms with van der Waals surface area (Å²) in [6.45, 7) is 13.5. The SMILES string of the molecule is C.CC(C)(C)c1ccc(N2CCN(CCCC(=S)N3CCC(Nc4ccc(C#N)c(C(F)(F)F)c4)CC3)CC2)cc1. The third-order valence-electron chi connectivity index (χ3n) is 8.00. The van der Waals surface area contributed by atoms with Gasteiger partial charge >= 0.3 is 6.18 Å². The van der Waals surface area contributed by atoms with Gasteiger partial charge in [-0.3, -0.25) is 4.90 Å². The van der Waals surface area contributed by atoms with Crippen molar-refractivity contribution in [1.82, 2.24) is 9.80 Å². The lowest BCUT2D eigenvalue weighted by Gasteiger charge is -2.37. The average Bonchev–Trinajstić information content (AvgIpc) is 2.93. The molecule has 2 fully saturated rings. The number of anilines is 2. The first-order valence-corrected chi connectivity index (χ1v) is 14.6. The maximum Gasteiger partial charge on any atom is 0.417 e. The summed E-state index contributed by atoms with van der Waals surface area (Å²) in [7, 11) is 0. The molecule has 0 atom stereocenters. The Kier molecular flexibility index (Phi) is 11.1. The first-order chi connectivity index (χ1) is 18.9. The monoisotopic (exact) mass is 587 g/mol. The summed E-state index contributed by atoms with van der Waals surface area (Å²) in [6, 6.07) is 14.5. The number of thiocarbonyl (C=S) groups is 1. The predicted molar refractivity (Wildman–Crippen MR) is 167 cm³/mol. The zero-order chi connectivity index (χ0) is 28.9. The highest BCUT2D eigenvalue weighted by atomic mass is 32.1. The van der Waals surface area contributed by atoms with Gasteiger partial charge in [0.1, 0.15) is 0 Å². The summed E-state index contributed by atoms with van der Waals surface area (Å²) in [5.74, 6) is 0. The molecule has 0 spiro atoms. The van der Waals surface area contributed by atoms with E-state index in [1.54, 1.807) is 12.1 Å². The maximum atomic E-state index is 13.3. The molecule has 0 aromatic heterocycles. The molecule has 0 saturated carbocycles. The highest BCUT2D eigenvalue weighted by Gasteiger charge is 2.34. The highest BCUT2D eigenvalue weighted by molar-refractivity contribution is 7.80. The van der Waals surface area contributed by atoms with Crippen LogP contribution >= 0.6 is 12.2 Å². The zero-order valence-electron chi connectivity index (χ0n) is 23.7. The van der Waals surface area contributed by atoms with Crippen LogP contribution in [0.4, 0.5) is 24.5 Å². The van der Waals surface area contributed by atoms with Crippen molar-refractivity contribution < 1.29 is 13.2 Å². The standard InChI is InChI=1S/C31H40F3N5S.CH4/c1-30(2,3)24-7-10-27(11-8-24)38-19-17-37(18-20-38)14-4-5-29(40)39-15-12-25(13-16-39)36-26-9-6-23(22-35)28(21-26)31(32,33)34;/h6-11,21,25,36H,4-5,12-20H2,1-3H3;1H4. The Morgan fingerprint density at radius 3 is 2.17 bits per heavy atom. The second-order valence-corrected chi connectivity index (χ2v) is 12.4. The van der Waals surface area contributed by atoms with Gasteiger partial charge in [0.05, 0.1) is 22.2 Å². The second kappa shape index (κ2) is 13.9. The van der Waals surface area contributed by atoms with E-state index in [0.717, 1.165) is 82.6 Å². The van der Waals surface area contributed by atoms with E-state index in [2.05, 4.69) is 65.1 Å². The predicted octanol–water partition coefficient (Wildman–Crippen LogP) is 7.32. The summed E-state index contributed by atoms with van der Waals surface area (Å²) >= 11 is 5.74. The number of benzene rings is 2. The van der Waals surface area contributed by atoms with E-state index in [9.17, 15) is 13.2 Å². The third kappa shape index (κ3) is 8.83. The first-order valence-electron chi connectivity index (χ1n) is 14.2. The number of piperidine rings is 1. The lowest BCUT2D eigenvalue weighted by molar-refractivity contribution is -0.137. The van der Waals surface area contributed by atoms with E-state index in [1.807, 2.05) is 0 Å². The van der Waals surface area contributed by atoms with Crippen LogP contribution in [-0.2, 0) is 11.6 Å². The van der Waals surface area contributed by atoms with E-state index >= 15 is 0 Å². The maximum absolute atomic E-state index is 13.3. The summed E-state index contributed by atoms with van der Waals surface area (Å²) in [6.07, 6.45) is -1.03. The van der Waals surface area contributed by atoms with Crippen LogP contribution in [0.25, 0.3) is 0 Å². The van der Waals surface area contributed by atoms with Gasteiger partial charge in [0.25, 0.3) is 0 Å². The number of hydrogen-bond acceptors (Lipinski definition) is 5. The number of hydrogen-bond donors (Lipinski definition) is 1. The fourth-order valence-electron chi connectivity index (χ4n) is 5.49. The lowest BCUT2D eigenvalue weighted by Crippen LogP contribution is -2.47. The van der Waals surface area contributed by atoms with Crippen LogP contribution in [0.1, 0.15) is 70.6 Å². The van der Waals surface area contributed by atoms with Crippen molar-refractivity contribution >= 4 is 28.6 Å². The molecule has 2 aliphatic heterocycles. The molecule has 2 aromatic rings. The quantitative estimate of drug-likeness (QED) is 0.343. The average molecular weight is 588 g/mol. The van der Waals surface area contributed by atoms with Crippen molar-refractivity contribution in [2.45, 2.75) is 71.5 Å². The Morgan fingerprint density at radius 2 is 1.61 bits per heavy atom. The van der Waals surface area contributed by atoms with Crippen molar-refractivity contribution in [2.24, 2.45) is 0 Å². The molecule has 0 radical (unpaired) electrons. The zero-order valence-corrected chi connectivity index (χ0v) is 24.5. The topological polar surface area (TPSA) is 45.5 Å². The minimum Gasteiger partial charge on any atom is -0.382 e. The Balaban J connectivity index is 0.00000462. The molecule has 0 amide bonds. The summed E-state index contributed by atoms with van der Waals surface area (Å²) in [4.78, 5) is 8.21. The Labute approximate surface area is 249 Å². The van der Waals surface area contributed by atoms with Crippen molar-refractivity contribution in [2.75, 3.05) is 56.0 Å². The van der Waals surface area contributed by atoms with Crippen LogP contribution in [-0.4, -0.2) is 66.6 Å². The Morgan fingerprint density at radius 1 is 0.976 bits per heavy atom. The Hall–Kier alpha value is -2.83. The van der Waals surface area contributed by atoms with E-state index in [0.29, 0.717) is 5.69 Å². The van der Waals surface area contributed by atoms with Crippen LogP contribution in [0.5, 0.6) is 0 Å². The van der Waals surface area contributed by atoms with Gasteiger partial charge in [0, 0.05) is 56.7 Å². The number of piperazine rings is 1. The molecule has 224 valence electrons. The Bertz CT molecular complexity index is 1180. The summed E-state index contributed by atoms with van der Waals surface area (Å²) in [5.41, 5.74) is 1.97. The van der Waals surface area contributed by atoms with Gasteiger partial charge in [-0.15, -0.1) is 0 Å². The second-order valence-electron chi connectivity index (χ2n) is 11.9. The van der Waals surface area contributed by atoms with Crippen LogP contribution in [0.3, 0.4) is 0 Å². The van der Waals surface area contributed by atoms with Crippen molar-refractivity contribution in [1.29, 1.82) is 5.26 Å². The molecule has 0 bridgehead atoms. The van der Waals surface area contributed by atoms with Crippen molar-refractivity contribution in [3.05, 3.63) is 59.2 Å². The molecule has 41 heavy (non-hydrogen) atoms. The number of halogens is 3. The van der Waals surface area contributed by atoms with Gasteiger partial charge in [-0.2, -0.15) is 18.4 Å². The number of likely N-dealkylation sites (tertiary alicyclic amines) is 1. The van der Waals surface area contributed by atoms with Crippen molar-refractivity contribution in [3.8, 4) is 6.07 Å². The third-order valence-corrected chi connectivity index (χ3v) is 8.46. The number of nitrogens with zero attached hydrogens (tertiary/aromatic N) is 4. The molecule has 2 aromatic carbocycles. The van der Waals surface area contributed by atoms with Gasteiger partial charge < -0.3 is 15.1 Å². The van der Waals surface area contributed by atoms with E-state index in [4.69, 9.17) is 17.5 Å². The molecule has 1 N–H and O–H groups in total. The molecule has 9 heteroatoms. The van der Waals surface area contributed by atoms with Gasteiger partial charge in [-0.25, -0.2) is 0 Å². The fourth-order valence-corrected chi connectivity index (χ4v) is 5.82. The van der Waals surface area contributed by atoms with E-state index in [1.165, 1.54) is 17.3 Å². The van der Waals surface area contributed by atoms with Gasteiger partial charge in [-0.1, -0.05) is 52.5 Å². The molecule has 5 nitrogen and oxygen atoms in total. The molecule has 4 rings (SSSR count). The number of alkyl halides is 3. The molecule has 0 aliphatic carbocycles. The summed E-state index contributed by atoms with van der Waals surface area (Å²) in [5, 5.41) is 12.2. The number of nitriles is 1. The molecule has 2 heterocycles. The molecule has 2 aliphatic rings. The van der Waals surface area contributed by atoms with Crippen LogP contribution in [0, 0.1) is 11.3 Å². The van der Waals surface area contributed by atoms with Crippen molar-refractivity contribution in [3.63, 3.8) is 0 Å². The van der Waals surface area contributed by atoms with Crippen LogP contribution < -0.4 is 10.2 Å². The van der Waals surface area contributed by atoms with E-state index < -0.39 is 11.7 Å². The summed E-state index contributed by atoms with van der Waals surface area (Å²) < 4.78 is 39.8. The minimum absolute atomic E-state index is 0. The van der Waals surface area contributed by atoms with E-state index in [-0.39, 0.29) is 24.4 Å². The van der Waals surface area contributed by atoms with Gasteiger partial charge in [0.2, 0.25) is 0 Å². The normalized spacial score (nSPS) is 17.1. The van der Waals surface area contributed by atoms with Crippen LogP contribution in [0.15, 0.2) is 42.5 Å². The molecule has 2 saturated heterocycles. The van der Waals surface area contributed by atoms with Gasteiger partial charge in [0.15, 0.2) is 0 Å². The molecular formula is C32H44F3N5S. The number of rotatable bonds is 7. The number of nitrogens with one attached hydrogen (secondary N) is 1. The van der Waals surface area contributed by atoms with Crippen LogP contribution in [0.2, 0.25) is 0 Å². The fraction of sp³-hybridized carbons (Fsp3) is 0.562. The lowest BCUT2D eigenvalue weighted by atomic mass is 9.87. The largest absolute Gasteiger partial charge is 0.417 e. The smallest absolute Gasteiger partial charge is 0.382 e. The molecular weight excluding hydrogens is 543 g/mol. The van der Waals surface area contributed by atoms with Gasteiger partial charge in [-0.05, 0) is 73.5 Å². The minimum atomic E-state index is -4.55. The molecule has 0 unspecified atom stereocenters. The highest BCUT2D eigenvalue weighted by Crippen LogP contribution is 2.34.